The Labute approximate surface area is 128 Å². The second kappa shape index (κ2) is 7.64. The Balaban J connectivity index is 1.89. The highest BCUT2D eigenvalue weighted by atomic mass is 32.2. The lowest BCUT2D eigenvalue weighted by molar-refractivity contribution is -0.119. The van der Waals surface area contributed by atoms with Crippen LogP contribution in [0.5, 0.6) is 0 Å². The monoisotopic (exact) mass is 299 g/mol. The molecule has 21 heavy (non-hydrogen) atoms. The Morgan fingerprint density at radius 3 is 2.29 bits per heavy atom. The number of carbonyl (C=O) groups excluding carboxylic acids is 2. The molecule has 0 bridgehead atoms. The van der Waals surface area contributed by atoms with E-state index in [0.29, 0.717) is 17.9 Å². The number of nitrogens with one attached hydrogen (secondary N) is 1. The molecule has 0 aliphatic heterocycles. The van der Waals surface area contributed by atoms with E-state index >= 15 is 0 Å². The molecular weight excluding hydrogens is 282 g/mol. The number of hydrogen-bond acceptors (Lipinski definition) is 3. The van der Waals surface area contributed by atoms with E-state index in [-0.39, 0.29) is 11.7 Å². The van der Waals surface area contributed by atoms with Gasteiger partial charge >= 0.3 is 0 Å². The van der Waals surface area contributed by atoms with Crippen LogP contribution in [0.25, 0.3) is 0 Å². The number of rotatable bonds is 6. The van der Waals surface area contributed by atoms with Crippen LogP contribution in [-0.2, 0) is 11.3 Å². The zero-order valence-electron chi connectivity index (χ0n) is 11.8. The zero-order valence-corrected chi connectivity index (χ0v) is 12.7. The molecule has 0 heterocycles. The van der Waals surface area contributed by atoms with Crippen molar-refractivity contribution in [2.75, 3.05) is 5.75 Å². The van der Waals surface area contributed by atoms with Gasteiger partial charge in [-0.25, -0.2) is 0 Å². The molecule has 108 valence electrons. The number of thioether (sulfide) groups is 1. The lowest BCUT2D eigenvalue weighted by atomic mass is 10.1. The normalized spacial score (nSPS) is 10.1. The van der Waals surface area contributed by atoms with Crippen LogP contribution in [0.3, 0.4) is 0 Å². The summed E-state index contributed by atoms with van der Waals surface area (Å²) in [5, 5.41) is 2.73. The quantitative estimate of drug-likeness (QED) is 0.657. The molecule has 0 spiro atoms. The highest BCUT2D eigenvalue weighted by Gasteiger charge is 2.06. The summed E-state index contributed by atoms with van der Waals surface area (Å²) in [5.41, 5.74) is 1.68. The Morgan fingerprint density at radius 1 is 1.00 bits per heavy atom. The minimum atomic E-state index is -0.0607. The van der Waals surface area contributed by atoms with Gasteiger partial charge in [-0.15, -0.1) is 11.8 Å². The van der Waals surface area contributed by atoms with Gasteiger partial charge in [-0.3, -0.25) is 9.59 Å². The molecule has 0 atom stereocenters. The van der Waals surface area contributed by atoms with Crippen molar-refractivity contribution in [3.63, 3.8) is 0 Å². The van der Waals surface area contributed by atoms with Crippen molar-refractivity contribution in [2.45, 2.75) is 18.4 Å². The molecule has 3 nitrogen and oxygen atoms in total. The number of Topliss-reactive ketones (excluding diaryl/α,β-unsaturated/α-hetero) is 1. The van der Waals surface area contributed by atoms with Gasteiger partial charge in [-0.05, 0) is 17.7 Å². The van der Waals surface area contributed by atoms with Gasteiger partial charge in [0.1, 0.15) is 0 Å². The predicted molar refractivity (Wildman–Crippen MR) is 85.5 cm³/mol. The maximum Gasteiger partial charge on any atom is 0.217 e. The fourth-order valence-corrected chi connectivity index (χ4v) is 2.60. The molecule has 4 heteroatoms. The summed E-state index contributed by atoms with van der Waals surface area (Å²) in [6.45, 7) is 1.97. The smallest absolute Gasteiger partial charge is 0.217 e. The van der Waals surface area contributed by atoms with Gasteiger partial charge in [-0.1, -0.05) is 42.5 Å². The van der Waals surface area contributed by atoms with Gasteiger partial charge in [-0.2, -0.15) is 0 Å². The molecule has 0 aliphatic carbocycles. The van der Waals surface area contributed by atoms with Crippen molar-refractivity contribution in [1.29, 1.82) is 0 Å². The molecule has 1 N–H and O–H groups in total. The van der Waals surface area contributed by atoms with Gasteiger partial charge in [0.25, 0.3) is 0 Å². The van der Waals surface area contributed by atoms with Crippen molar-refractivity contribution in [1.82, 2.24) is 5.32 Å². The SMILES string of the molecule is CC(=O)NCc1ccc(C(=O)CSc2ccccc2)cc1. The van der Waals surface area contributed by atoms with Gasteiger partial charge in [0.2, 0.25) is 5.91 Å². The molecule has 0 radical (unpaired) electrons. The van der Waals surface area contributed by atoms with Crippen molar-refractivity contribution < 1.29 is 9.59 Å². The third-order valence-electron chi connectivity index (χ3n) is 2.93. The second-order valence-corrected chi connectivity index (χ2v) is 5.68. The van der Waals surface area contributed by atoms with Crippen LogP contribution in [0.15, 0.2) is 59.5 Å². The summed E-state index contributed by atoms with van der Waals surface area (Å²) in [5.74, 6) is 0.471. The van der Waals surface area contributed by atoms with Crippen LogP contribution in [-0.4, -0.2) is 17.4 Å². The molecule has 0 aliphatic rings. The number of amides is 1. The van der Waals surface area contributed by atoms with Crippen molar-refractivity contribution in [3.8, 4) is 0 Å². The first-order valence-corrected chi connectivity index (χ1v) is 7.68. The summed E-state index contributed by atoms with van der Waals surface area (Å²) in [7, 11) is 0. The molecule has 2 aromatic carbocycles. The lowest BCUT2D eigenvalue weighted by Crippen LogP contribution is -2.18. The third-order valence-corrected chi connectivity index (χ3v) is 3.94. The van der Waals surface area contributed by atoms with Gasteiger partial charge < -0.3 is 5.32 Å². The van der Waals surface area contributed by atoms with E-state index in [9.17, 15) is 9.59 Å². The molecule has 0 aromatic heterocycles. The maximum absolute atomic E-state index is 12.1. The molecule has 2 rings (SSSR count). The molecule has 0 saturated heterocycles. The largest absolute Gasteiger partial charge is 0.352 e. The molecule has 1 amide bonds. The van der Waals surface area contributed by atoms with Gasteiger partial charge in [0, 0.05) is 23.9 Å². The fourth-order valence-electron chi connectivity index (χ4n) is 1.78. The van der Waals surface area contributed by atoms with Gasteiger partial charge in [0.15, 0.2) is 5.78 Å². The van der Waals surface area contributed by atoms with E-state index < -0.39 is 0 Å². The van der Waals surface area contributed by atoms with Crippen molar-refractivity contribution in [2.24, 2.45) is 0 Å². The van der Waals surface area contributed by atoms with Crippen LogP contribution in [0.2, 0.25) is 0 Å². The first kappa shape index (κ1) is 15.3. The van der Waals surface area contributed by atoms with E-state index in [1.165, 1.54) is 18.7 Å². The maximum atomic E-state index is 12.1. The summed E-state index contributed by atoms with van der Waals surface area (Å²) in [6.07, 6.45) is 0. The summed E-state index contributed by atoms with van der Waals surface area (Å²) < 4.78 is 0. The van der Waals surface area contributed by atoms with Crippen molar-refractivity contribution in [3.05, 3.63) is 65.7 Å². The minimum absolute atomic E-state index is 0.0607. The van der Waals surface area contributed by atoms with Crippen molar-refractivity contribution >= 4 is 23.5 Å². The van der Waals surface area contributed by atoms with Crippen LogP contribution in [0.4, 0.5) is 0 Å². The second-order valence-electron chi connectivity index (χ2n) is 4.63. The fraction of sp³-hybridized carbons (Fsp3) is 0.176. The molecule has 0 unspecified atom stereocenters. The summed E-state index contributed by atoms with van der Waals surface area (Å²) in [6, 6.07) is 17.2. The standard InChI is InChI=1S/C17H17NO2S/c1-13(19)18-11-14-7-9-15(10-8-14)17(20)12-21-16-5-3-2-4-6-16/h2-10H,11-12H2,1H3,(H,18,19). The molecule has 2 aromatic rings. The molecule has 0 saturated carbocycles. The van der Waals surface area contributed by atoms with Crippen LogP contribution in [0.1, 0.15) is 22.8 Å². The number of carbonyl (C=O) groups is 2. The van der Waals surface area contributed by atoms with E-state index in [1.807, 2.05) is 54.6 Å². The predicted octanol–water partition coefficient (Wildman–Crippen LogP) is 3.30. The Hall–Kier alpha value is -2.07. The summed E-state index contributed by atoms with van der Waals surface area (Å²) in [4.78, 5) is 24.0. The molecular formula is C17H17NO2S. The average molecular weight is 299 g/mol. The number of hydrogen-bond donors (Lipinski definition) is 1. The summed E-state index contributed by atoms with van der Waals surface area (Å²) >= 11 is 1.54. The van der Waals surface area contributed by atoms with Gasteiger partial charge in [0.05, 0.1) is 5.75 Å². The van der Waals surface area contributed by atoms with Crippen LogP contribution in [0, 0.1) is 0 Å². The van der Waals surface area contributed by atoms with E-state index in [2.05, 4.69) is 5.32 Å². The van der Waals surface area contributed by atoms with E-state index in [0.717, 1.165) is 10.5 Å². The zero-order chi connectivity index (χ0) is 15.1. The Bertz CT molecular complexity index is 608. The van der Waals surface area contributed by atoms with Crippen LogP contribution < -0.4 is 5.32 Å². The highest BCUT2D eigenvalue weighted by molar-refractivity contribution is 8.00. The Kier molecular flexibility index (Phi) is 5.58. The minimum Gasteiger partial charge on any atom is -0.352 e. The first-order chi connectivity index (χ1) is 10.1. The van der Waals surface area contributed by atoms with Crippen LogP contribution >= 0.6 is 11.8 Å². The first-order valence-electron chi connectivity index (χ1n) is 6.69. The highest BCUT2D eigenvalue weighted by Crippen LogP contribution is 2.18. The number of ketones is 1. The average Bonchev–Trinajstić information content (AvgIpc) is 2.52. The van der Waals surface area contributed by atoms with E-state index in [4.69, 9.17) is 0 Å². The topological polar surface area (TPSA) is 46.2 Å². The Morgan fingerprint density at radius 2 is 1.67 bits per heavy atom. The molecule has 0 fully saturated rings. The number of benzene rings is 2. The van der Waals surface area contributed by atoms with E-state index in [1.54, 1.807) is 0 Å². The lowest BCUT2D eigenvalue weighted by Gasteiger charge is -2.05. The third kappa shape index (κ3) is 5.08.